The fourth-order valence-electron chi connectivity index (χ4n) is 6.49. The van der Waals surface area contributed by atoms with Gasteiger partial charge in [-0.05, 0) is 40.5 Å². The molecule has 1 aliphatic heterocycles. The lowest BCUT2D eigenvalue weighted by Crippen LogP contribution is -2.57. The average Bonchev–Trinajstić information content (AvgIpc) is 3.23. The van der Waals surface area contributed by atoms with E-state index in [1.807, 2.05) is 0 Å². The lowest BCUT2D eigenvalue weighted by atomic mass is 9.54. The number of imide groups is 1. The monoisotopic (exact) mass is 644 g/mol. The number of rotatable bonds is 7. The summed E-state index contributed by atoms with van der Waals surface area (Å²) >= 11 is 26.8. The van der Waals surface area contributed by atoms with E-state index in [4.69, 9.17) is 56.9 Å². The van der Waals surface area contributed by atoms with Crippen molar-refractivity contribution in [1.29, 1.82) is 0 Å². The summed E-state index contributed by atoms with van der Waals surface area (Å²) in [5, 5.41) is 0.343. The van der Waals surface area contributed by atoms with Crippen molar-refractivity contribution in [2.75, 3.05) is 6.61 Å². The van der Waals surface area contributed by atoms with E-state index in [0.29, 0.717) is 32.2 Å². The lowest BCUT2D eigenvalue weighted by molar-refractivity contribution is -0.159. The second-order valence-corrected chi connectivity index (χ2v) is 12.4. The molecule has 12 heteroatoms. The smallest absolute Gasteiger partial charge is 0.330 e. The predicted molar refractivity (Wildman–Crippen MR) is 154 cm³/mol. The zero-order valence-corrected chi connectivity index (χ0v) is 24.5. The Morgan fingerprint density at radius 1 is 0.833 bits per heavy atom. The number of carbonyl (C=O) groups is 5. The first-order chi connectivity index (χ1) is 19.9. The fraction of sp³-hybridized carbons (Fsp3) is 0.233. The van der Waals surface area contributed by atoms with Gasteiger partial charge in [0.25, 0.3) is 0 Å². The van der Waals surface area contributed by atoms with Crippen LogP contribution in [0.1, 0.15) is 39.0 Å². The van der Waals surface area contributed by atoms with Crippen molar-refractivity contribution in [2.45, 2.75) is 22.2 Å². The third-order valence-corrected chi connectivity index (χ3v) is 10.0. The maximum Gasteiger partial charge on any atom is 0.330 e. The number of benzene rings is 3. The summed E-state index contributed by atoms with van der Waals surface area (Å²) in [6, 6.07) is 16.5. The Morgan fingerprint density at radius 3 is 1.74 bits per heavy atom. The summed E-state index contributed by atoms with van der Waals surface area (Å²) in [6.45, 7) is -0.783. The maximum absolute atomic E-state index is 14.2. The van der Waals surface area contributed by atoms with E-state index >= 15 is 0 Å². The van der Waals surface area contributed by atoms with Gasteiger partial charge in [0, 0.05) is 10.6 Å². The number of esters is 1. The van der Waals surface area contributed by atoms with E-state index in [-0.39, 0.29) is 10.6 Å². The SMILES string of the molecule is NC(=O)C[C@H](C(=O)OCC(=O)c1ccc(Cl)cc1Cl)N1C(=O)[C@@H]2[C@@H](C1=O)C1(Cl)c3ccccc3C2(Cl)c2ccccc21. The molecule has 1 heterocycles. The summed E-state index contributed by atoms with van der Waals surface area (Å²) in [5.41, 5.74) is 7.76. The molecule has 3 aromatic carbocycles. The Balaban J connectivity index is 1.38. The van der Waals surface area contributed by atoms with Crippen LogP contribution >= 0.6 is 46.4 Å². The first-order valence-electron chi connectivity index (χ1n) is 12.8. The number of hydrogen-bond donors (Lipinski definition) is 1. The molecule has 0 unspecified atom stereocenters. The summed E-state index contributed by atoms with van der Waals surface area (Å²) in [4.78, 5) is 64.2. The Bertz CT molecular complexity index is 1600. The highest BCUT2D eigenvalue weighted by Crippen LogP contribution is 2.69. The van der Waals surface area contributed by atoms with Crippen molar-refractivity contribution < 1.29 is 28.7 Å². The number of amides is 3. The molecule has 1 saturated heterocycles. The number of ether oxygens (including phenoxy) is 1. The largest absolute Gasteiger partial charge is 0.456 e. The molecule has 42 heavy (non-hydrogen) atoms. The number of primary amides is 1. The lowest BCUT2D eigenvalue weighted by Gasteiger charge is -2.54. The molecule has 0 aromatic heterocycles. The number of carbonyl (C=O) groups excluding carboxylic acids is 5. The van der Waals surface area contributed by atoms with Gasteiger partial charge in [0.05, 0.1) is 23.3 Å². The van der Waals surface area contributed by atoms with Gasteiger partial charge in [-0.1, -0.05) is 71.7 Å². The summed E-state index contributed by atoms with van der Waals surface area (Å²) in [6.07, 6.45) is -0.740. The molecule has 0 saturated carbocycles. The fourth-order valence-corrected chi connectivity index (χ4v) is 8.10. The van der Waals surface area contributed by atoms with Crippen molar-refractivity contribution in [3.05, 3.63) is 105 Å². The molecular weight excluding hydrogens is 626 g/mol. The predicted octanol–water partition coefficient (Wildman–Crippen LogP) is 4.56. The van der Waals surface area contributed by atoms with Gasteiger partial charge in [-0.3, -0.25) is 24.1 Å². The molecule has 1 fully saturated rings. The van der Waals surface area contributed by atoms with E-state index in [9.17, 15) is 24.0 Å². The quantitative estimate of drug-likeness (QED) is 0.174. The van der Waals surface area contributed by atoms with E-state index in [1.54, 1.807) is 48.5 Å². The highest BCUT2D eigenvalue weighted by atomic mass is 35.5. The second-order valence-electron chi connectivity index (χ2n) is 10.4. The van der Waals surface area contributed by atoms with Gasteiger partial charge in [0.1, 0.15) is 15.8 Å². The molecule has 3 aliphatic carbocycles. The van der Waals surface area contributed by atoms with Crippen LogP contribution in [0.3, 0.4) is 0 Å². The standard InChI is InChI=1S/C30H20Cl4N2O6/c31-14-9-10-15(20(32)11-14)22(37)13-42-28(41)21(12-23(35)38)36-26(39)24-25(27(36)40)30(34)17-6-2-1-5-16(17)29(24,33)18-7-3-4-8-19(18)30/h1-11,21,24-25H,12-13H2,(H2,35,38)/t21-,24+,25+,29?,30?/m1/s1. The van der Waals surface area contributed by atoms with Crippen LogP contribution < -0.4 is 5.73 Å². The van der Waals surface area contributed by atoms with Crippen LogP contribution in [0.5, 0.6) is 0 Å². The number of hydrogen-bond acceptors (Lipinski definition) is 6. The number of halogens is 4. The summed E-state index contributed by atoms with van der Waals surface area (Å²) < 4.78 is 5.21. The van der Waals surface area contributed by atoms with E-state index in [1.165, 1.54) is 18.2 Å². The Kier molecular flexibility index (Phi) is 6.89. The first kappa shape index (κ1) is 28.7. The molecule has 0 radical (unpaired) electrons. The molecule has 7 rings (SSSR count). The number of ketones is 1. The van der Waals surface area contributed by atoms with Gasteiger partial charge in [0.2, 0.25) is 23.5 Å². The molecule has 0 spiro atoms. The number of Topliss-reactive ketones (excluding diaryl/α,β-unsaturated/α-hetero) is 1. The van der Waals surface area contributed by atoms with E-state index in [2.05, 4.69) is 0 Å². The maximum atomic E-state index is 14.2. The summed E-state index contributed by atoms with van der Waals surface area (Å²) in [7, 11) is 0. The second kappa shape index (κ2) is 10.1. The molecule has 3 aromatic rings. The van der Waals surface area contributed by atoms with Crippen LogP contribution in [0, 0.1) is 11.8 Å². The van der Waals surface area contributed by atoms with Crippen molar-refractivity contribution in [1.82, 2.24) is 4.90 Å². The minimum absolute atomic E-state index is 0.0416. The van der Waals surface area contributed by atoms with E-state index in [0.717, 1.165) is 0 Å². The topological polar surface area (TPSA) is 124 Å². The van der Waals surface area contributed by atoms with Crippen molar-refractivity contribution in [3.63, 3.8) is 0 Å². The normalized spacial score (nSPS) is 25.9. The van der Waals surface area contributed by atoms with Gasteiger partial charge >= 0.3 is 5.97 Å². The Morgan fingerprint density at radius 2 is 1.31 bits per heavy atom. The van der Waals surface area contributed by atoms with Crippen molar-refractivity contribution in [2.24, 2.45) is 17.6 Å². The zero-order valence-electron chi connectivity index (χ0n) is 21.5. The molecule has 3 atom stereocenters. The van der Waals surface area contributed by atoms with Crippen LogP contribution in [0.25, 0.3) is 0 Å². The number of nitrogens with zero attached hydrogens (tertiary/aromatic N) is 1. The van der Waals surface area contributed by atoms with Crippen LogP contribution in [0.2, 0.25) is 10.0 Å². The van der Waals surface area contributed by atoms with Crippen LogP contribution in [0.15, 0.2) is 66.7 Å². The number of nitrogens with two attached hydrogens (primary N) is 1. The van der Waals surface area contributed by atoms with Gasteiger partial charge in [-0.15, -0.1) is 23.2 Å². The molecule has 3 amide bonds. The van der Waals surface area contributed by atoms with Gasteiger partial charge in [-0.2, -0.15) is 0 Å². The van der Waals surface area contributed by atoms with Crippen LogP contribution in [0.4, 0.5) is 0 Å². The first-order valence-corrected chi connectivity index (χ1v) is 14.3. The Labute approximate surface area is 259 Å². The molecule has 2 bridgehead atoms. The molecule has 8 nitrogen and oxygen atoms in total. The van der Waals surface area contributed by atoms with Crippen molar-refractivity contribution in [3.8, 4) is 0 Å². The average molecular weight is 646 g/mol. The van der Waals surface area contributed by atoms with Crippen LogP contribution in [-0.4, -0.2) is 47.0 Å². The minimum atomic E-state index is -1.76. The van der Waals surface area contributed by atoms with Crippen LogP contribution in [-0.2, 0) is 33.7 Å². The molecule has 2 N–H and O–H groups in total. The highest BCUT2D eigenvalue weighted by molar-refractivity contribution is 6.37. The van der Waals surface area contributed by atoms with Crippen molar-refractivity contribution >= 4 is 75.9 Å². The summed E-state index contributed by atoms with van der Waals surface area (Å²) in [5.74, 6) is -6.83. The zero-order chi connectivity index (χ0) is 30.1. The number of likely N-dealkylation sites (tertiary alicyclic amines) is 1. The third-order valence-electron chi connectivity index (χ3n) is 8.17. The Hall–Kier alpha value is -3.43. The number of alkyl halides is 2. The van der Waals surface area contributed by atoms with Gasteiger partial charge < -0.3 is 10.5 Å². The minimum Gasteiger partial charge on any atom is -0.456 e. The molecule has 4 aliphatic rings. The molecular formula is C30H20Cl4N2O6. The van der Waals surface area contributed by atoms with E-state index < -0.39 is 70.1 Å². The molecule has 214 valence electrons. The third kappa shape index (κ3) is 3.93. The van der Waals surface area contributed by atoms with Gasteiger partial charge in [0.15, 0.2) is 6.61 Å². The van der Waals surface area contributed by atoms with Gasteiger partial charge in [-0.25, -0.2) is 4.79 Å². The highest BCUT2D eigenvalue weighted by Gasteiger charge is 2.73.